The molecule has 1 aromatic rings. The number of benzene rings is 1. The molecule has 0 radical (unpaired) electrons. The Morgan fingerprint density at radius 2 is 1.83 bits per heavy atom. The van der Waals surface area contributed by atoms with Gasteiger partial charge in [-0.25, -0.2) is 0 Å². The summed E-state index contributed by atoms with van der Waals surface area (Å²) in [6.07, 6.45) is 0.00574. The standard InChI is InChI=1S/C10H15NO/c1-8(11)10(12-2)9-6-4-3-5-7-9/h3-8,10H,11H2,1-2H3/t8-,10-/m1/s1. The van der Waals surface area contributed by atoms with E-state index in [4.69, 9.17) is 10.5 Å². The quantitative estimate of drug-likeness (QED) is 0.740. The average molecular weight is 165 g/mol. The lowest BCUT2D eigenvalue weighted by atomic mass is 10.0. The summed E-state index contributed by atoms with van der Waals surface area (Å²) in [4.78, 5) is 0. The number of ether oxygens (including phenoxy) is 1. The molecular weight excluding hydrogens is 150 g/mol. The lowest BCUT2D eigenvalue weighted by molar-refractivity contribution is 0.0854. The highest BCUT2D eigenvalue weighted by Gasteiger charge is 2.13. The van der Waals surface area contributed by atoms with Gasteiger partial charge in [0.15, 0.2) is 0 Å². The van der Waals surface area contributed by atoms with Crippen LogP contribution < -0.4 is 5.73 Å². The molecule has 12 heavy (non-hydrogen) atoms. The normalized spacial score (nSPS) is 15.6. The van der Waals surface area contributed by atoms with Gasteiger partial charge in [-0.15, -0.1) is 0 Å². The van der Waals surface area contributed by atoms with Crippen molar-refractivity contribution in [3.05, 3.63) is 35.9 Å². The Morgan fingerprint density at radius 1 is 1.25 bits per heavy atom. The average Bonchev–Trinajstić information content (AvgIpc) is 2.07. The minimum absolute atomic E-state index is 0.00574. The first-order valence-electron chi connectivity index (χ1n) is 4.09. The predicted octanol–water partition coefficient (Wildman–Crippen LogP) is 1.72. The van der Waals surface area contributed by atoms with Crippen LogP contribution in [-0.4, -0.2) is 13.2 Å². The predicted molar refractivity (Wildman–Crippen MR) is 49.8 cm³/mol. The maximum atomic E-state index is 5.75. The van der Waals surface area contributed by atoms with E-state index in [-0.39, 0.29) is 12.1 Å². The molecule has 0 amide bonds. The van der Waals surface area contributed by atoms with Crippen molar-refractivity contribution in [1.82, 2.24) is 0 Å². The summed E-state index contributed by atoms with van der Waals surface area (Å²) in [6, 6.07) is 10.0. The van der Waals surface area contributed by atoms with Crippen molar-refractivity contribution in [3.8, 4) is 0 Å². The molecule has 1 rings (SSSR count). The van der Waals surface area contributed by atoms with Gasteiger partial charge < -0.3 is 10.5 Å². The second-order valence-corrected chi connectivity index (χ2v) is 2.93. The van der Waals surface area contributed by atoms with E-state index in [9.17, 15) is 0 Å². The van der Waals surface area contributed by atoms with Gasteiger partial charge in [0.1, 0.15) is 0 Å². The molecule has 0 spiro atoms. The molecule has 0 fully saturated rings. The monoisotopic (exact) mass is 165 g/mol. The number of rotatable bonds is 3. The van der Waals surface area contributed by atoms with E-state index in [1.807, 2.05) is 37.3 Å². The third-order valence-corrected chi connectivity index (χ3v) is 1.86. The lowest BCUT2D eigenvalue weighted by Crippen LogP contribution is -2.25. The molecule has 0 unspecified atom stereocenters. The van der Waals surface area contributed by atoms with Crippen molar-refractivity contribution in [3.63, 3.8) is 0 Å². The molecule has 0 heterocycles. The van der Waals surface area contributed by atoms with Crippen LogP contribution in [0.25, 0.3) is 0 Å². The van der Waals surface area contributed by atoms with Crippen molar-refractivity contribution in [1.29, 1.82) is 0 Å². The second-order valence-electron chi connectivity index (χ2n) is 2.93. The zero-order valence-corrected chi connectivity index (χ0v) is 7.53. The van der Waals surface area contributed by atoms with E-state index in [0.29, 0.717) is 0 Å². The minimum Gasteiger partial charge on any atom is -0.375 e. The summed E-state index contributed by atoms with van der Waals surface area (Å²) >= 11 is 0. The van der Waals surface area contributed by atoms with Crippen LogP contribution in [0.3, 0.4) is 0 Å². The van der Waals surface area contributed by atoms with Gasteiger partial charge in [0.2, 0.25) is 0 Å². The number of methoxy groups -OCH3 is 1. The molecular formula is C10H15NO. The fourth-order valence-electron chi connectivity index (χ4n) is 1.30. The number of nitrogens with two attached hydrogens (primary N) is 1. The maximum Gasteiger partial charge on any atom is 0.0969 e. The summed E-state index contributed by atoms with van der Waals surface area (Å²) < 4.78 is 5.27. The summed E-state index contributed by atoms with van der Waals surface area (Å²) in [5.74, 6) is 0. The van der Waals surface area contributed by atoms with Gasteiger partial charge in [-0.2, -0.15) is 0 Å². The molecule has 0 aliphatic rings. The van der Waals surface area contributed by atoms with Gasteiger partial charge in [0.25, 0.3) is 0 Å². The summed E-state index contributed by atoms with van der Waals surface area (Å²) in [6.45, 7) is 1.95. The molecule has 2 heteroatoms. The van der Waals surface area contributed by atoms with Crippen LogP contribution in [-0.2, 0) is 4.74 Å². The largest absolute Gasteiger partial charge is 0.375 e. The fraction of sp³-hybridized carbons (Fsp3) is 0.400. The van der Waals surface area contributed by atoms with Gasteiger partial charge in [0.05, 0.1) is 6.10 Å². The first kappa shape index (κ1) is 9.23. The van der Waals surface area contributed by atoms with Crippen molar-refractivity contribution in [2.75, 3.05) is 7.11 Å². The summed E-state index contributed by atoms with van der Waals surface area (Å²) in [5.41, 5.74) is 6.89. The van der Waals surface area contributed by atoms with Crippen LogP contribution in [0, 0.1) is 0 Å². The van der Waals surface area contributed by atoms with Gasteiger partial charge in [-0.1, -0.05) is 30.3 Å². The first-order valence-corrected chi connectivity index (χ1v) is 4.09. The van der Waals surface area contributed by atoms with Crippen molar-refractivity contribution in [2.45, 2.75) is 19.1 Å². The third kappa shape index (κ3) is 2.06. The zero-order chi connectivity index (χ0) is 8.97. The zero-order valence-electron chi connectivity index (χ0n) is 7.53. The molecule has 66 valence electrons. The van der Waals surface area contributed by atoms with Gasteiger partial charge in [0, 0.05) is 13.2 Å². The molecule has 2 atom stereocenters. The molecule has 0 bridgehead atoms. The van der Waals surface area contributed by atoms with Crippen LogP contribution in [0.4, 0.5) is 0 Å². The maximum absolute atomic E-state index is 5.75. The van der Waals surface area contributed by atoms with E-state index in [1.54, 1.807) is 7.11 Å². The van der Waals surface area contributed by atoms with E-state index in [2.05, 4.69) is 0 Å². The summed E-state index contributed by atoms with van der Waals surface area (Å²) in [5, 5.41) is 0. The van der Waals surface area contributed by atoms with Gasteiger partial charge in [-0.3, -0.25) is 0 Å². The number of hydrogen-bond acceptors (Lipinski definition) is 2. The topological polar surface area (TPSA) is 35.2 Å². The highest BCUT2D eigenvalue weighted by Crippen LogP contribution is 2.18. The van der Waals surface area contributed by atoms with Crippen molar-refractivity contribution >= 4 is 0 Å². The Balaban J connectivity index is 2.80. The summed E-state index contributed by atoms with van der Waals surface area (Å²) in [7, 11) is 1.68. The molecule has 0 aliphatic heterocycles. The molecule has 2 nitrogen and oxygen atoms in total. The first-order chi connectivity index (χ1) is 5.75. The van der Waals surface area contributed by atoms with Crippen LogP contribution in [0.1, 0.15) is 18.6 Å². The lowest BCUT2D eigenvalue weighted by Gasteiger charge is -2.19. The Bertz CT molecular complexity index is 221. The molecule has 1 aromatic carbocycles. The van der Waals surface area contributed by atoms with E-state index in [1.165, 1.54) is 0 Å². The van der Waals surface area contributed by atoms with Gasteiger partial charge in [-0.05, 0) is 12.5 Å². The Labute approximate surface area is 73.3 Å². The van der Waals surface area contributed by atoms with Crippen molar-refractivity contribution in [2.24, 2.45) is 5.73 Å². The Hall–Kier alpha value is -0.860. The minimum atomic E-state index is 0.00574. The second kappa shape index (κ2) is 4.24. The van der Waals surface area contributed by atoms with Crippen molar-refractivity contribution < 1.29 is 4.74 Å². The van der Waals surface area contributed by atoms with Crippen LogP contribution in [0.15, 0.2) is 30.3 Å². The van der Waals surface area contributed by atoms with Crippen LogP contribution in [0.2, 0.25) is 0 Å². The third-order valence-electron chi connectivity index (χ3n) is 1.86. The van der Waals surface area contributed by atoms with E-state index >= 15 is 0 Å². The fourth-order valence-corrected chi connectivity index (χ4v) is 1.30. The van der Waals surface area contributed by atoms with Crippen LogP contribution >= 0.6 is 0 Å². The highest BCUT2D eigenvalue weighted by molar-refractivity contribution is 5.18. The van der Waals surface area contributed by atoms with Crippen LogP contribution in [0.5, 0.6) is 0 Å². The van der Waals surface area contributed by atoms with E-state index in [0.717, 1.165) is 5.56 Å². The Morgan fingerprint density at radius 3 is 2.25 bits per heavy atom. The van der Waals surface area contributed by atoms with Gasteiger partial charge >= 0.3 is 0 Å². The smallest absolute Gasteiger partial charge is 0.0969 e. The number of hydrogen-bond donors (Lipinski definition) is 1. The molecule has 0 aromatic heterocycles. The molecule has 0 saturated heterocycles. The Kier molecular flexibility index (Phi) is 3.26. The SMILES string of the molecule is CO[C@@H](c1ccccc1)[C@@H](C)N. The highest BCUT2D eigenvalue weighted by atomic mass is 16.5. The molecule has 0 saturated carbocycles. The van der Waals surface area contributed by atoms with E-state index < -0.39 is 0 Å². The molecule has 0 aliphatic carbocycles. The molecule has 2 N–H and O–H groups in total.